The van der Waals surface area contributed by atoms with Gasteiger partial charge in [0.05, 0.1) is 11.0 Å². The number of nitrogens with zero attached hydrogens (tertiary/aromatic N) is 2. The van der Waals surface area contributed by atoms with Crippen molar-refractivity contribution in [2.75, 3.05) is 13.7 Å². The summed E-state index contributed by atoms with van der Waals surface area (Å²) < 4.78 is 31.6. The highest BCUT2D eigenvalue weighted by Crippen LogP contribution is 2.26. The lowest BCUT2D eigenvalue weighted by Gasteiger charge is -2.25. The molecule has 0 saturated carbocycles. The Kier molecular flexibility index (Phi) is 5.63. The lowest BCUT2D eigenvalue weighted by molar-refractivity contribution is -0.385. The van der Waals surface area contributed by atoms with Crippen LogP contribution < -0.4 is 4.74 Å². The molecule has 0 bridgehead atoms. The third-order valence-electron chi connectivity index (χ3n) is 3.81. The summed E-state index contributed by atoms with van der Waals surface area (Å²) in [7, 11) is 1.48. The summed E-state index contributed by atoms with van der Waals surface area (Å²) in [6, 6.07) is 8.57. The van der Waals surface area contributed by atoms with E-state index in [1.54, 1.807) is 13.0 Å². The second-order valence-corrected chi connectivity index (χ2v) is 5.37. The highest BCUT2D eigenvalue weighted by Gasteiger charge is 2.21. The van der Waals surface area contributed by atoms with Crippen LogP contribution in [0.25, 0.3) is 0 Å². The number of carbonyl (C=O) groups is 1. The molecule has 0 aliphatic carbocycles. The van der Waals surface area contributed by atoms with Gasteiger partial charge >= 0.3 is 5.69 Å². The second kappa shape index (κ2) is 7.69. The average molecular weight is 350 g/mol. The first-order chi connectivity index (χ1) is 11.8. The smallest absolute Gasteiger partial charge is 0.310 e. The van der Waals surface area contributed by atoms with Crippen molar-refractivity contribution in [1.82, 2.24) is 4.90 Å². The Morgan fingerprint density at radius 1 is 1.24 bits per heavy atom. The zero-order valence-electron chi connectivity index (χ0n) is 13.6. The molecule has 0 heterocycles. The number of para-hydroxylation sites is 2. The molecule has 2 rings (SSSR count). The molecule has 132 valence electrons. The van der Waals surface area contributed by atoms with E-state index in [1.807, 2.05) is 0 Å². The molecule has 1 atom stereocenters. The van der Waals surface area contributed by atoms with Crippen LogP contribution in [0.4, 0.5) is 14.5 Å². The summed E-state index contributed by atoms with van der Waals surface area (Å²) in [6.45, 7) is 1.23. The van der Waals surface area contributed by atoms with Crippen molar-refractivity contribution in [3.63, 3.8) is 0 Å². The molecule has 8 heteroatoms. The van der Waals surface area contributed by atoms with Gasteiger partial charge in [-0.1, -0.05) is 18.2 Å². The highest BCUT2D eigenvalue weighted by atomic mass is 19.2. The summed E-state index contributed by atoms with van der Waals surface area (Å²) in [5, 5.41) is 10.9. The fraction of sp³-hybridized carbons (Fsp3) is 0.235. The molecule has 0 radical (unpaired) electrons. The van der Waals surface area contributed by atoms with E-state index in [4.69, 9.17) is 4.74 Å². The first-order valence-electron chi connectivity index (χ1n) is 7.38. The fourth-order valence-corrected chi connectivity index (χ4v) is 2.18. The van der Waals surface area contributed by atoms with Crippen LogP contribution in [0.3, 0.4) is 0 Å². The SMILES string of the molecule is CC(c1ccc(F)c(F)c1)N(C)C(=O)COc1ccccc1[N+](=O)[O-]. The number of hydrogen-bond acceptors (Lipinski definition) is 4. The van der Waals surface area contributed by atoms with Gasteiger partial charge in [0.1, 0.15) is 0 Å². The Hall–Kier alpha value is -3.03. The van der Waals surface area contributed by atoms with Crippen LogP contribution in [-0.4, -0.2) is 29.4 Å². The van der Waals surface area contributed by atoms with Gasteiger partial charge in [0.2, 0.25) is 0 Å². The summed E-state index contributed by atoms with van der Waals surface area (Å²) in [6.07, 6.45) is 0. The van der Waals surface area contributed by atoms with E-state index in [0.717, 1.165) is 12.1 Å². The molecule has 2 aromatic carbocycles. The lowest BCUT2D eigenvalue weighted by Crippen LogP contribution is -2.33. The molecule has 1 amide bonds. The van der Waals surface area contributed by atoms with E-state index in [2.05, 4.69) is 0 Å². The molecular weight excluding hydrogens is 334 g/mol. The largest absolute Gasteiger partial charge is 0.477 e. The minimum absolute atomic E-state index is 0.0188. The van der Waals surface area contributed by atoms with E-state index in [9.17, 15) is 23.7 Å². The van der Waals surface area contributed by atoms with Crippen LogP contribution in [0.15, 0.2) is 42.5 Å². The number of likely N-dealkylation sites (N-methyl/N-ethyl adjacent to an activating group) is 1. The number of halogens is 2. The van der Waals surface area contributed by atoms with Crippen LogP contribution in [0.2, 0.25) is 0 Å². The maximum absolute atomic E-state index is 13.3. The van der Waals surface area contributed by atoms with Gasteiger partial charge in [-0.2, -0.15) is 0 Å². The van der Waals surface area contributed by atoms with Gasteiger partial charge < -0.3 is 9.64 Å². The van der Waals surface area contributed by atoms with Crippen LogP contribution >= 0.6 is 0 Å². The molecule has 0 aliphatic rings. The molecule has 6 nitrogen and oxygen atoms in total. The Morgan fingerprint density at radius 3 is 2.56 bits per heavy atom. The molecule has 0 fully saturated rings. The molecule has 25 heavy (non-hydrogen) atoms. The Bertz CT molecular complexity index is 798. The van der Waals surface area contributed by atoms with Gasteiger partial charge in [-0.15, -0.1) is 0 Å². The summed E-state index contributed by atoms with van der Waals surface area (Å²) in [5.41, 5.74) is 0.173. The molecular formula is C17H16F2N2O4. The van der Waals surface area contributed by atoms with Crippen LogP contribution in [0.5, 0.6) is 5.75 Å². The maximum atomic E-state index is 13.3. The van der Waals surface area contributed by atoms with E-state index >= 15 is 0 Å². The number of amides is 1. The molecule has 0 aromatic heterocycles. The van der Waals surface area contributed by atoms with Crippen molar-refractivity contribution in [1.29, 1.82) is 0 Å². The van der Waals surface area contributed by atoms with Crippen LogP contribution in [-0.2, 0) is 4.79 Å². The molecule has 0 aliphatic heterocycles. The fourth-order valence-electron chi connectivity index (χ4n) is 2.18. The van der Waals surface area contributed by atoms with Gasteiger partial charge in [0.25, 0.3) is 5.91 Å². The van der Waals surface area contributed by atoms with Gasteiger partial charge in [0.15, 0.2) is 24.0 Å². The molecule has 0 spiro atoms. The molecule has 0 N–H and O–H groups in total. The van der Waals surface area contributed by atoms with Crippen LogP contribution in [0, 0.1) is 21.7 Å². The number of hydrogen-bond donors (Lipinski definition) is 0. The van der Waals surface area contributed by atoms with Crippen molar-refractivity contribution < 1.29 is 23.2 Å². The number of carbonyl (C=O) groups excluding carboxylic acids is 1. The molecule has 0 saturated heterocycles. The number of nitro groups is 1. The molecule has 1 unspecified atom stereocenters. The Morgan fingerprint density at radius 2 is 1.92 bits per heavy atom. The van der Waals surface area contributed by atoms with Crippen molar-refractivity contribution in [2.24, 2.45) is 0 Å². The van der Waals surface area contributed by atoms with Gasteiger partial charge in [-0.3, -0.25) is 14.9 Å². The monoisotopic (exact) mass is 350 g/mol. The third-order valence-corrected chi connectivity index (χ3v) is 3.81. The average Bonchev–Trinajstić information content (AvgIpc) is 2.60. The second-order valence-electron chi connectivity index (χ2n) is 5.37. The van der Waals surface area contributed by atoms with Crippen molar-refractivity contribution in [2.45, 2.75) is 13.0 Å². The van der Waals surface area contributed by atoms with Crippen LogP contribution in [0.1, 0.15) is 18.5 Å². The van der Waals surface area contributed by atoms with Crippen molar-refractivity contribution in [3.05, 3.63) is 69.8 Å². The highest BCUT2D eigenvalue weighted by molar-refractivity contribution is 5.78. The normalized spacial score (nSPS) is 11.7. The number of nitro benzene ring substituents is 1. The minimum Gasteiger partial charge on any atom is -0.477 e. The molecule has 2 aromatic rings. The van der Waals surface area contributed by atoms with Gasteiger partial charge in [-0.05, 0) is 30.7 Å². The quantitative estimate of drug-likeness (QED) is 0.591. The summed E-state index contributed by atoms with van der Waals surface area (Å²) in [4.78, 5) is 23.8. The lowest BCUT2D eigenvalue weighted by atomic mass is 10.1. The predicted octanol–water partition coefficient (Wildman–Crippen LogP) is 3.47. The summed E-state index contributed by atoms with van der Waals surface area (Å²) >= 11 is 0. The van der Waals surface area contributed by atoms with E-state index < -0.39 is 35.1 Å². The Balaban J connectivity index is 2.05. The third kappa shape index (κ3) is 4.28. The maximum Gasteiger partial charge on any atom is 0.310 e. The zero-order chi connectivity index (χ0) is 18.6. The number of ether oxygens (including phenoxy) is 1. The van der Waals surface area contributed by atoms with Gasteiger partial charge in [-0.25, -0.2) is 8.78 Å². The first-order valence-corrected chi connectivity index (χ1v) is 7.38. The zero-order valence-corrected chi connectivity index (χ0v) is 13.6. The van der Waals surface area contributed by atoms with E-state index in [1.165, 1.54) is 36.2 Å². The standard InChI is InChI=1S/C17H16F2N2O4/c1-11(12-7-8-13(18)14(19)9-12)20(2)17(22)10-25-16-6-4-3-5-15(16)21(23)24/h3-9,11H,10H2,1-2H3. The topological polar surface area (TPSA) is 72.7 Å². The van der Waals surface area contributed by atoms with Crippen molar-refractivity contribution in [3.8, 4) is 5.75 Å². The number of rotatable bonds is 6. The number of benzene rings is 2. The predicted molar refractivity (Wildman–Crippen MR) is 86.1 cm³/mol. The van der Waals surface area contributed by atoms with E-state index in [0.29, 0.717) is 5.56 Å². The summed E-state index contributed by atoms with van der Waals surface area (Å²) in [5.74, 6) is -2.45. The minimum atomic E-state index is -0.999. The van der Waals surface area contributed by atoms with Crippen molar-refractivity contribution >= 4 is 11.6 Å². The first kappa shape index (κ1) is 18.3. The van der Waals surface area contributed by atoms with E-state index in [-0.39, 0.29) is 11.4 Å². The van der Waals surface area contributed by atoms with Gasteiger partial charge in [0, 0.05) is 13.1 Å². The Labute approximate surface area is 142 Å².